The number of carbonyl (C=O) groups is 1. The maximum Gasteiger partial charge on any atom is 0.257 e. The predicted molar refractivity (Wildman–Crippen MR) is 80.2 cm³/mol. The standard InChI is InChI=1S/C14H18ClNO2S/c1-14(2)5-6-16(7-8-19-14)13(18)11-4-3-10(15)9-12(11)17/h3-4,9,17H,5-8H2,1-2H3. The minimum Gasteiger partial charge on any atom is -0.507 e. The summed E-state index contributed by atoms with van der Waals surface area (Å²) in [4.78, 5) is 14.2. The molecule has 3 nitrogen and oxygen atoms in total. The Morgan fingerprint density at radius 1 is 1.42 bits per heavy atom. The maximum atomic E-state index is 12.4. The Kier molecular flexibility index (Phi) is 4.31. The first-order valence-corrected chi connectivity index (χ1v) is 7.67. The number of amides is 1. The molecule has 1 N–H and O–H groups in total. The van der Waals surface area contributed by atoms with Gasteiger partial charge in [0.2, 0.25) is 0 Å². The zero-order valence-corrected chi connectivity index (χ0v) is 12.7. The quantitative estimate of drug-likeness (QED) is 0.864. The molecule has 0 aromatic heterocycles. The molecule has 0 aliphatic carbocycles. The van der Waals surface area contributed by atoms with Gasteiger partial charge in [0.25, 0.3) is 5.91 Å². The van der Waals surface area contributed by atoms with Gasteiger partial charge in [0, 0.05) is 28.6 Å². The van der Waals surface area contributed by atoms with E-state index in [-0.39, 0.29) is 16.4 Å². The minimum atomic E-state index is -0.118. The molecule has 0 bridgehead atoms. The van der Waals surface area contributed by atoms with E-state index in [9.17, 15) is 9.90 Å². The molecule has 1 aromatic carbocycles. The summed E-state index contributed by atoms with van der Waals surface area (Å²) < 4.78 is 0.205. The highest BCUT2D eigenvalue weighted by Crippen LogP contribution is 2.32. The number of benzene rings is 1. The Bertz CT molecular complexity index is 490. The molecule has 0 saturated carbocycles. The molecule has 1 aliphatic rings. The first kappa shape index (κ1) is 14.5. The highest BCUT2D eigenvalue weighted by atomic mass is 35.5. The van der Waals surface area contributed by atoms with Crippen LogP contribution in [0, 0.1) is 0 Å². The van der Waals surface area contributed by atoms with Crippen molar-refractivity contribution >= 4 is 29.3 Å². The van der Waals surface area contributed by atoms with Crippen LogP contribution in [0.2, 0.25) is 5.02 Å². The first-order chi connectivity index (χ1) is 8.89. The second-order valence-electron chi connectivity index (χ2n) is 5.31. The average molecular weight is 300 g/mol. The number of hydrogen-bond donors (Lipinski definition) is 1. The lowest BCUT2D eigenvalue weighted by Crippen LogP contribution is -2.33. The molecule has 0 atom stereocenters. The van der Waals surface area contributed by atoms with Crippen LogP contribution in [0.5, 0.6) is 5.75 Å². The summed E-state index contributed by atoms with van der Waals surface area (Å²) in [6, 6.07) is 4.62. The van der Waals surface area contributed by atoms with Gasteiger partial charge < -0.3 is 10.0 Å². The van der Waals surface area contributed by atoms with Crippen molar-refractivity contribution in [2.24, 2.45) is 0 Å². The van der Waals surface area contributed by atoms with Gasteiger partial charge >= 0.3 is 0 Å². The molecular formula is C14H18ClNO2S. The van der Waals surface area contributed by atoms with Crippen molar-refractivity contribution in [1.29, 1.82) is 0 Å². The fourth-order valence-corrected chi connectivity index (χ4v) is 3.35. The van der Waals surface area contributed by atoms with Gasteiger partial charge in [0.15, 0.2) is 0 Å². The molecular weight excluding hydrogens is 282 g/mol. The average Bonchev–Trinajstić information content (AvgIpc) is 2.49. The molecule has 104 valence electrons. The predicted octanol–water partition coefficient (Wildman–Crippen LogP) is 3.40. The van der Waals surface area contributed by atoms with Gasteiger partial charge in [0.1, 0.15) is 5.75 Å². The van der Waals surface area contributed by atoms with Crippen LogP contribution in [0.1, 0.15) is 30.6 Å². The third-order valence-electron chi connectivity index (χ3n) is 3.32. The maximum absolute atomic E-state index is 12.4. The van der Waals surface area contributed by atoms with Crippen molar-refractivity contribution in [3.63, 3.8) is 0 Å². The minimum absolute atomic E-state index is 0.0475. The number of rotatable bonds is 1. The van der Waals surface area contributed by atoms with E-state index in [1.807, 2.05) is 16.7 Å². The SMILES string of the molecule is CC1(C)CCN(C(=O)c2ccc(Cl)cc2O)CCS1. The number of aromatic hydroxyl groups is 1. The number of halogens is 1. The number of carbonyl (C=O) groups excluding carboxylic acids is 1. The molecule has 0 unspecified atom stereocenters. The molecule has 1 amide bonds. The molecule has 1 saturated heterocycles. The highest BCUT2D eigenvalue weighted by Gasteiger charge is 2.27. The van der Waals surface area contributed by atoms with Gasteiger partial charge in [-0.2, -0.15) is 11.8 Å². The van der Waals surface area contributed by atoms with Crippen molar-refractivity contribution in [2.75, 3.05) is 18.8 Å². The van der Waals surface area contributed by atoms with Crippen LogP contribution in [-0.2, 0) is 0 Å². The smallest absolute Gasteiger partial charge is 0.257 e. The Labute approximate surface area is 122 Å². The van der Waals surface area contributed by atoms with Gasteiger partial charge in [0.05, 0.1) is 5.56 Å². The van der Waals surface area contributed by atoms with E-state index in [1.54, 1.807) is 12.1 Å². The second-order valence-corrected chi connectivity index (χ2v) is 7.55. The van der Waals surface area contributed by atoms with E-state index in [4.69, 9.17) is 11.6 Å². The summed E-state index contributed by atoms with van der Waals surface area (Å²) in [5, 5.41) is 10.3. The van der Waals surface area contributed by atoms with Crippen LogP contribution in [0.4, 0.5) is 0 Å². The van der Waals surface area contributed by atoms with Crippen LogP contribution in [0.3, 0.4) is 0 Å². The largest absolute Gasteiger partial charge is 0.507 e. The van der Waals surface area contributed by atoms with Crippen LogP contribution < -0.4 is 0 Å². The molecule has 0 spiro atoms. The zero-order chi connectivity index (χ0) is 14.0. The number of thioether (sulfide) groups is 1. The van der Waals surface area contributed by atoms with Crippen molar-refractivity contribution in [3.05, 3.63) is 28.8 Å². The van der Waals surface area contributed by atoms with E-state index in [0.717, 1.165) is 25.3 Å². The monoisotopic (exact) mass is 299 g/mol. The number of phenolic OH excluding ortho intramolecular Hbond substituents is 1. The lowest BCUT2D eigenvalue weighted by molar-refractivity contribution is 0.0761. The summed E-state index contributed by atoms with van der Waals surface area (Å²) in [5.74, 6) is 0.758. The van der Waals surface area contributed by atoms with Crippen LogP contribution >= 0.6 is 23.4 Å². The summed E-state index contributed by atoms with van der Waals surface area (Å²) in [7, 11) is 0. The van der Waals surface area contributed by atoms with Crippen molar-refractivity contribution in [1.82, 2.24) is 4.90 Å². The molecule has 1 heterocycles. The van der Waals surface area contributed by atoms with Crippen LogP contribution in [0.15, 0.2) is 18.2 Å². The lowest BCUT2D eigenvalue weighted by Gasteiger charge is -2.23. The van der Waals surface area contributed by atoms with E-state index >= 15 is 0 Å². The molecule has 2 rings (SSSR count). The number of hydrogen-bond acceptors (Lipinski definition) is 3. The van der Waals surface area contributed by atoms with Crippen molar-refractivity contribution in [3.8, 4) is 5.75 Å². The van der Waals surface area contributed by atoms with E-state index in [0.29, 0.717) is 10.6 Å². The van der Waals surface area contributed by atoms with Gasteiger partial charge in [-0.1, -0.05) is 25.4 Å². The van der Waals surface area contributed by atoms with Gasteiger partial charge in [-0.3, -0.25) is 4.79 Å². The third-order valence-corrected chi connectivity index (χ3v) is 4.92. The topological polar surface area (TPSA) is 40.5 Å². The van der Waals surface area contributed by atoms with Crippen molar-refractivity contribution in [2.45, 2.75) is 25.0 Å². The van der Waals surface area contributed by atoms with E-state index in [1.165, 1.54) is 6.07 Å². The Morgan fingerprint density at radius 3 is 2.84 bits per heavy atom. The molecule has 1 aromatic rings. The first-order valence-electron chi connectivity index (χ1n) is 6.31. The summed E-state index contributed by atoms with van der Waals surface area (Å²) >= 11 is 7.67. The van der Waals surface area contributed by atoms with E-state index in [2.05, 4.69) is 13.8 Å². The molecule has 0 radical (unpaired) electrons. The Hall–Kier alpha value is -0.870. The number of nitrogens with zero attached hydrogens (tertiary/aromatic N) is 1. The van der Waals surface area contributed by atoms with Gasteiger partial charge in [-0.25, -0.2) is 0 Å². The van der Waals surface area contributed by atoms with Gasteiger partial charge in [-0.05, 0) is 24.6 Å². The lowest BCUT2D eigenvalue weighted by atomic mass is 10.1. The molecule has 1 aliphatic heterocycles. The normalized spacial score (nSPS) is 19.0. The zero-order valence-electron chi connectivity index (χ0n) is 11.1. The summed E-state index contributed by atoms with van der Waals surface area (Å²) in [6.07, 6.45) is 0.956. The Morgan fingerprint density at radius 2 is 2.16 bits per heavy atom. The molecule has 1 fully saturated rings. The summed E-state index contributed by atoms with van der Waals surface area (Å²) in [6.45, 7) is 5.84. The third kappa shape index (κ3) is 3.57. The fraction of sp³-hybridized carbons (Fsp3) is 0.500. The summed E-state index contributed by atoms with van der Waals surface area (Å²) in [5.41, 5.74) is 0.328. The second kappa shape index (κ2) is 5.63. The number of phenols is 1. The highest BCUT2D eigenvalue weighted by molar-refractivity contribution is 8.00. The molecule has 19 heavy (non-hydrogen) atoms. The van der Waals surface area contributed by atoms with Crippen molar-refractivity contribution < 1.29 is 9.90 Å². The van der Waals surface area contributed by atoms with E-state index < -0.39 is 0 Å². The van der Waals surface area contributed by atoms with Crippen LogP contribution in [0.25, 0.3) is 0 Å². The van der Waals surface area contributed by atoms with Crippen LogP contribution in [-0.4, -0.2) is 39.5 Å². The fourth-order valence-electron chi connectivity index (χ4n) is 2.08. The Balaban J connectivity index is 2.15. The molecule has 5 heteroatoms. The van der Waals surface area contributed by atoms with Gasteiger partial charge in [-0.15, -0.1) is 0 Å².